The molecule has 0 aromatic heterocycles. The van der Waals surface area contributed by atoms with Crippen molar-refractivity contribution >= 4 is 29.4 Å². The average Bonchev–Trinajstić information content (AvgIpc) is 3.08. The van der Waals surface area contributed by atoms with Gasteiger partial charge in [-0.1, -0.05) is 29.8 Å². The van der Waals surface area contributed by atoms with Crippen molar-refractivity contribution in [2.75, 3.05) is 0 Å². The number of carbonyl (C=O) groups excluding carboxylic acids is 5. The lowest BCUT2D eigenvalue weighted by Gasteiger charge is -2.29. The number of hydrogen-bond acceptors (Lipinski definition) is 5. The molecule has 8 nitrogen and oxygen atoms in total. The number of fused-ring (bicyclic) bond motifs is 1. The van der Waals surface area contributed by atoms with Crippen molar-refractivity contribution in [3.05, 3.63) is 69.3 Å². The van der Waals surface area contributed by atoms with E-state index in [1.54, 1.807) is 32.0 Å². The molecule has 2 aromatic carbocycles. The Morgan fingerprint density at radius 3 is 2.45 bits per heavy atom. The second-order valence-electron chi connectivity index (χ2n) is 8.63. The quantitative estimate of drug-likeness (QED) is 0.413. The number of nitrogens with one attached hydrogen (secondary N) is 2. The Hall–Kier alpha value is -3.81. The van der Waals surface area contributed by atoms with Crippen molar-refractivity contribution < 1.29 is 24.0 Å². The first-order chi connectivity index (χ1) is 15.7. The molecule has 0 saturated carbocycles. The number of hydrogen-bond donors (Lipinski definition) is 2. The number of imide groups is 1. The van der Waals surface area contributed by atoms with Gasteiger partial charge in [0.1, 0.15) is 6.04 Å². The molecule has 2 aromatic rings. The van der Waals surface area contributed by atoms with Crippen LogP contribution in [-0.2, 0) is 27.5 Å². The maximum Gasteiger partial charge on any atom is 0.292 e. The minimum Gasteiger partial charge on any atom is -0.345 e. The smallest absolute Gasteiger partial charge is 0.292 e. The maximum absolute atomic E-state index is 12.9. The lowest BCUT2D eigenvalue weighted by Crippen LogP contribution is -2.52. The second-order valence-corrected chi connectivity index (χ2v) is 8.63. The van der Waals surface area contributed by atoms with E-state index in [9.17, 15) is 24.0 Å². The average molecular weight is 447 g/mol. The third-order valence-corrected chi connectivity index (χ3v) is 6.23. The molecular weight excluding hydrogens is 422 g/mol. The van der Waals surface area contributed by atoms with Crippen LogP contribution in [0.15, 0.2) is 30.3 Å². The minimum atomic E-state index is -0.714. The van der Waals surface area contributed by atoms with Crippen LogP contribution in [-0.4, -0.2) is 40.4 Å². The van der Waals surface area contributed by atoms with Crippen molar-refractivity contribution in [3.8, 4) is 0 Å². The first-order valence-electron chi connectivity index (χ1n) is 10.8. The van der Waals surface area contributed by atoms with Crippen LogP contribution >= 0.6 is 0 Å². The van der Waals surface area contributed by atoms with Crippen LogP contribution in [0.1, 0.15) is 61.4 Å². The predicted octanol–water partition coefficient (Wildman–Crippen LogP) is 1.87. The van der Waals surface area contributed by atoms with E-state index >= 15 is 0 Å². The number of Topliss-reactive ketones (excluding diaryl/α,β-unsaturated/α-hetero) is 1. The molecule has 1 fully saturated rings. The molecule has 4 amide bonds. The van der Waals surface area contributed by atoms with Crippen molar-refractivity contribution in [2.45, 2.75) is 52.7 Å². The first kappa shape index (κ1) is 22.4. The fourth-order valence-corrected chi connectivity index (χ4v) is 4.72. The van der Waals surface area contributed by atoms with Crippen molar-refractivity contribution in [1.29, 1.82) is 0 Å². The zero-order chi connectivity index (χ0) is 23.9. The number of aryl methyl sites for hydroxylation is 3. The predicted molar refractivity (Wildman–Crippen MR) is 119 cm³/mol. The topological polar surface area (TPSA) is 113 Å². The SMILES string of the molecule is Cc1cc(C)c(C(=O)C(=O)NCc2cccc3c2CN(C2CCC(=O)NC2=O)C3=O)c(C)c1. The molecule has 0 aliphatic carbocycles. The fraction of sp³-hybridized carbons (Fsp3) is 0.320. The van der Waals surface area contributed by atoms with E-state index in [1.807, 2.05) is 19.1 Å². The van der Waals surface area contributed by atoms with Gasteiger partial charge in [0.25, 0.3) is 17.6 Å². The fourth-order valence-electron chi connectivity index (χ4n) is 4.72. The van der Waals surface area contributed by atoms with E-state index in [4.69, 9.17) is 0 Å². The van der Waals surface area contributed by atoms with Gasteiger partial charge in [0.2, 0.25) is 11.8 Å². The number of rotatable bonds is 5. The Labute approximate surface area is 191 Å². The zero-order valence-corrected chi connectivity index (χ0v) is 18.8. The Bertz CT molecular complexity index is 1190. The summed E-state index contributed by atoms with van der Waals surface area (Å²) in [7, 11) is 0. The molecule has 2 N–H and O–H groups in total. The van der Waals surface area contributed by atoms with Gasteiger partial charge in [-0.2, -0.15) is 0 Å². The Morgan fingerprint density at radius 2 is 1.79 bits per heavy atom. The van der Waals surface area contributed by atoms with Gasteiger partial charge in [0.15, 0.2) is 0 Å². The van der Waals surface area contributed by atoms with Crippen LogP contribution in [0.25, 0.3) is 0 Å². The number of ketones is 1. The number of carbonyl (C=O) groups is 5. The van der Waals surface area contributed by atoms with Gasteiger partial charge >= 0.3 is 0 Å². The first-order valence-corrected chi connectivity index (χ1v) is 10.8. The maximum atomic E-state index is 12.9. The highest BCUT2D eigenvalue weighted by atomic mass is 16.2. The summed E-state index contributed by atoms with van der Waals surface area (Å²) in [5, 5.41) is 4.96. The summed E-state index contributed by atoms with van der Waals surface area (Å²) < 4.78 is 0. The Balaban J connectivity index is 1.49. The van der Waals surface area contributed by atoms with Crippen LogP contribution in [0.3, 0.4) is 0 Å². The summed E-state index contributed by atoms with van der Waals surface area (Å²) in [5.41, 5.74) is 4.79. The summed E-state index contributed by atoms with van der Waals surface area (Å²) >= 11 is 0. The summed E-state index contributed by atoms with van der Waals surface area (Å²) in [4.78, 5) is 63.5. The Kier molecular flexibility index (Phi) is 5.84. The van der Waals surface area contributed by atoms with Crippen molar-refractivity contribution in [3.63, 3.8) is 0 Å². The third kappa shape index (κ3) is 4.16. The molecule has 2 heterocycles. The molecule has 1 atom stereocenters. The summed E-state index contributed by atoms with van der Waals surface area (Å²) in [6, 6.07) is 8.20. The van der Waals surface area contributed by atoms with Crippen LogP contribution in [0.5, 0.6) is 0 Å². The Morgan fingerprint density at radius 1 is 1.09 bits per heavy atom. The van der Waals surface area contributed by atoms with Gasteiger partial charge in [0.05, 0.1) is 0 Å². The third-order valence-electron chi connectivity index (χ3n) is 6.23. The molecule has 1 saturated heterocycles. The second kappa shape index (κ2) is 8.61. The lowest BCUT2D eigenvalue weighted by atomic mass is 9.96. The van der Waals surface area contributed by atoms with Crippen LogP contribution in [0.4, 0.5) is 0 Å². The van der Waals surface area contributed by atoms with Crippen LogP contribution < -0.4 is 10.6 Å². The standard InChI is InChI=1S/C25H25N3O5/c1-13-9-14(2)21(15(3)10-13)22(30)24(32)26-11-16-5-4-6-17-18(16)12-28(25(17)33)19-7-8-20(29)27-23(19)31/h4-6,9-10,19H,7-8,11-12H2,1-3H3,(H,26,32)(H,27,29,31). The van der Waals surface area contributed by atoms with Gasteiger partial charge in [-0.25, -0.2) is 0 Å². The van der Waals surface area contributed by atoms with E-state index < -0.39 is 23.6 Å². The minimum absolute atomic E-state index is 0.0776. The molecule has 170 valence electrons. The van der Waals surface area contributed by atoms with Crippen LogP contribution in [0.2, 0.25) is 0 Å². The van der Waals surface area contributed by atoms with E-state index in [0.717, 1.165) is 16.7 Å². The number of nitrogens with zero attached hydrogens (tertiary/aromatic N) is 1. The van der Waals surface area contributed by atoms with E-state index in [2.05, 4.69) is 10.6 Å². The molecule has 0 spiro atoms. The molecule has 0 bridgehead atoms. The van der Waals surface area contributed by atoms with Gasteiger partial charge in [0, 0.05) is 30.6 Å². The summed E-state index contributed by atoms with van der Waals surface area (Å²) in [6.45, 7) is 5.83. The van der Waals surface area contributed by atoms with Gasteiger partial charge in [-0.15, -0.1) is 0 Å². The molecular formula is C25H25N3O5. The normalized spacial score (nSPS) is 17.6. The van der Waals surface area contributed by atoms with Gasteiger partial charge in [-0.3, -0.25) is 29.3 Å². The van der Waals surface area contributed by atoms with Gasteiger partial charge < -0.3 is 10.2 Å². The lowest BCUT2D eigenvalue weighted by molar-refractivity contribution is -0.136. The number of piperidine rings is 1. The highest BCUT2D eigenvalue weighted by Gasteiger charge is 2.39. The van der Waals surface area contributed by atoms with E-state index in [-0.39, 0.29) is 37.7 Å². The molecule has 4 rings (SSSR count). The van der Waals surface area contributed by atoms with Crippen LogP contribution in [0, 0.1) is 20.8 Å². The molecule has 2 aliphatic heterocycles. The largest absolute Gasteiger partial charge is 0.345 e. The molecule has 8 heteroatoms. The van der Waals surface area contributed by atoms with Crippen molar-refractivity contribution in [2.24, 2.45) is 0 Å². The molecule has 2 aliphatic rings. The molecule has 1 unspecified atom stereocenters. The zero-order valence-electron chi connectivity index (χ0n) is 18.8. The molecule has 33 heavy (non-hydrogen) atoms. The summed E-state index contributed by atoms with van der Waals surface area (Å²) in [5.74, 6) is -2.41. The van der Waals surface area contributed by atoms with Crippen molar-refractivity contribution in [1.82, 2.24) is 15.5 Å². The number of amides is 4. The highest BCUT2D eigenvalue weighted by molar-refractivity contribution is 6.43. The summed E-state index contributed by atoms with van der Waals surface area (Å²) in [6.07, 6.45) is 0.458. The molecule has 0 radical (unpaired) electrons. The highest BCUT2D eigenvalue weighted by Crippen LogP contribution is 2.30. The number of benzene rings is 2. The van der Waals surface area contributed by atoms with E-state index in [1.165, 1.54) is 4.90 Å². The monoisotopic (exact) mass is 447 g/mol. The van der Waals surface area contributed by atoms with E-state index in [0.29, 0.717) is 22.3 Å². The van der Waals surface area contributed by atoms with Gasteiger partial charge in [-0.05, 0) is 55.5 Å².